The summed E-state index contributed by atoms with van der Waals surface area (Å²) in [6.45, 7) is 0. The van der Waals surface area contributed by atoms with Gasteiger partial charge in [0.05, 0.1) is 10.6 Å². The molecule has 2 aromatic carbocycles. The minimum Gasteiger partial charge on any atom is -0.369 e. The Labute approximate surface area is 150 Å². The molecule has 0 heterocycles. The van der Waals surface area contributed by atoms with Crippen LogP contribution in [0.1, 0.15) is 5.56 Å². The summed E-state index contributed by atoms with van der Waals surface area (Å²) >= 11 is 0. The van der Waals surface area contributed by atoms with Crippen LogP contribution in [0.4, 0.5) is 32.0 Å². The van der Waals surface area contributed by atoms with Crippen LogP contribution in [0.25, 0.3) is 0 Å². The highest BCUT2D eigenvalue weighted by molar-refractivity contribution is 7.92. The molecule has 11 heteroatoms. The number of hydrogen-bond donors (Lipinski definition) is 1. The van der Waals surface area contributed by atoms with Crippen molar-refractivity contribution in [2.75, 3.05) is 11.4 Å². The van der Waals surface area contributed by atoms with Crippen molar-refractivity contribution >= 4 is 15.7 Å². The second kappa shape index (κ2) is 6.71. The molecule has 0 aliphatic rings. The van der Waals surface area contributed by atoms with Gasteiger partial charge in [0, 0.05) is 12.6 Å². The van der Waals surface area contributed by atoms with Gasteiger partial charge in [0.25, 0.3) is 15.6 Å². The fourth-order valence-corrected chi connectivity index (χ4v) is 3.51. The monoisotopic (exact) mass is 413 g/mol. The molecule has 0 saturated heterocycles. The van der Waals surface area contributed by atoms with E-state index in [1.165, 1.54) is 30.3 Å². The lowest BCUT2D eigenvalue weighted by Crippen LogP contribution is -2.54. The normalized spacial score (nSPS) is 13.5. The molecule has 0 saturated carbocycles. The van der Waals surface area contributed by atoms with Crippen molar-refractivity contribution in [3.05, 3.63) is 60.2 Å². The topological polar surface area (TPSA) is 57.6 Å². The third-order valence-corrected chi connectivity index (χ3v) is 5.65. The number of benzene rings is 2. The number of halogens is 6. The van der Waals surface area contributed by atoms with Gasteiger partial charge in [-0.1, -0.05) is 30.3 Å². The van der Waals surface area contributed by atoms with E-state index in [4.69, 9.17) is 0 Å². The number of nitrogens with zero attached hydrogens (tertiary/aromatic N) is 1. The zero-order chi connectivity index (χ0) is 20.7. The summed E-state index contributed by atoms with van der Waals surface area (Å²) in [6, 6.07) is 9.35. The van der Waals surface area contributed by atoms with E-state index in [1.54, 1.807) is 0 Å². The quantitative estimate of drug-likeness (QED) is 0.776. The second-order valence-electron chi connectivity index (χ2n) is 5.54. The molecule has 0 aliphatic carbocycles. The fraction of sp³-hybridized carbons (Fsp3) is 0.250. The van der Waals surface area contributed by atoms with Crippen LogP contribution in [0, 0.1) is 0 Å². The Bertz CT molecular complexity index is 896. The standard InChI is InChI=1S/C16H13F6NO3S/c1-23(27(25,26)13-8-3-2-4-9-13)12-7-5-6-11(10-12)14(24,15(17,18)19)16(20,21)22/h2-10,24H,1H3. The number of alkyl halides is 6. The van der Waals surface area contributed by atoms with Gasteiger partial charge in [0.1, 0.15) is 0 Å². The molecular formula is C16H13F6NO3S. The minimum atomic E-state index is -6.07. The maximum atomic E-state index is 13.0. The Balaban J connectivity index is 2.58. The summed E-state index contributed by atoms with van der Waals surface area (Å²) in [5.74, 6) is 0. The van der Waals surface area contributed by atoms with E-state index in [-0.39, 0.29) is 4.90 Å². The van der Waals surface area contributed by atoms with Gasteiger partial charge in [0.15, 0.2) is 0 Å². The van der Waals surface area contributed by atoms with E-state index >= 15 is 0 Å². The SMILES string of the molecule is CN(c1cccc(C(O)(C(F)(F)F)C(F)(F)F)c1)S(=O)(=O)c1ccccc1. The molecule has 0 fully saturated rings. The largest absolute Gasteiger partial charge is 0.430 e. The van der Waals surface area contributed by atoms with Gasteiger partial charge in [-0.3, -0.25) is 4.31 Å². The first-order valence-electron chi connectivity index (χ1n) is 7.23. The highest BCUT2D eigenvalue weighted by Gasteiger charge is 2.71. The number of anilines is 1. The average molecular weight is 413 g/mol. The van der Waals surface area contributed by atoms with E-state index in [2.05, 4.69) is 0 Å². The lowest BCUT2D eigenvalue weighted by atomic mass is 9.92. The molecule has 0 spiro atoms. The molecule has 0 unspecified atom stereocenters. The molecule has 1 N–H and O–H groups in total. The predicted octanol–water partition coefficient (Wildman–Crippen LogP) is 3.82. The predicted molar refractivity (Wildman–Crippen MR) is 84.5 cm³/mol. The van der Waals surface area contributed by atoms with E-state index in [0.717, 1.165) is 19.2 Å². The molecule has 148 valence electrons. The van der Waals surface area contributed by atoms with Crippen LogP contribution in [-0.2, 0) is 15.6 Å². The highest BCUT2D eigenvalue weighted by atomic mass is 32.2. The van der Waals surface area contributed by atoms with Crippen LogP contribution < -0.4 is 4.31 Å². The lowest BCUT2D eigenvalue weighted by Gasteiger charge is -2.33. The molecule has 0 amide bonds. The van der Waals surface area contributed by atoms with Gasteiger partial charge in [-0.25, -0.2) is 8.42 Å². The van der Waals surface area contributed by atoms with Gasteiger partial charge in [-0.05, 0) is 24.3 Å². The van der Waals surface area contributed by atoms with E-state index in [0.29, 0.717) is 16.4 Å². The minimum absolute atomic E-state index is 0.209. The van der Waals surface area contributed by atoms with Crippen molar-refractivity contribution in [1.29, 1.82) is 0 Å². The summed E-state index contributed by atoms with van der Waals surface area (Å²) < 4.78 is 104. The first-order valence-corrected chi connectivity index (χ1v) is 8.67. The molecule has 2 aromatic rings. The first-order chi connectivity index (χ1) is 12.2. The second-order valence-corrected chi connectivity index (χ2v) is 7.51. The van der Waals surface area contributed by atoms with Gasteiger partial charge in [0.2, 0.25) is 0 Å². The fourth-order valence-electron chi connectivity index (χ4n) is 2.30. The van der Waals surface area contributed by atoms with Crippen molar-refractivity contribution in [1.82, 2.24) is 0 Å². The molecule has 0 radical (unpaired) electrons. The molecule has 0 aliphatic heterocycles. The Hall–Kier alpha value is -2.27. The van der Waals surface area contributed by atoms with Crippen LogP contribution >= 0.6 is 0 Å². The third-order valence-electron chi connectivity index (χ3n) is 3.85. The first kappa shape index (κ1) is 21.0. The molecule has 4 nitrogen and oxygen atoms in total. The zero-order valence-electron chi connectivity index (χ0n) is 13.6. The summed E-state index contributed by atoms with van der Waals surface area (Å²) in [5.41, 5.74) is -7.17. The number of hydrogen-bond acceptors (Lipinski definition) is 3. The summed E-state index contributed by atoms with van der Waals surface area (Å²) in [7, 11) is -3.26. The number of rotatable bonds is 4. The number of sulfonamides is 1. The van der Waals surface area contributed by atoms with E-state index in [1.807, 2.05) is 0 Å². The smallest absolute Gasteiger partial charge is 0.369 e. The molecule has 2 rings (SSSR count). The Kier molecular flexibility index (Phi) is 5.23. The number of aliphatic hydroxyl groups is 1. The molecule has 0 aromatic heterocycles. The van der Waals surface area contributed by atoms with Gasteiger partial charge >= 0.3 is 12.4 Å². The molecular weight excluding hydrogens is 400 g/mol. The summed E-state index contributed by atoms with van der Waals surface area (Å²) in [5, 5.41) is 9.46. The maximum Gasteiger partial charge on any atom is 0.430 e. The van der Waals surface area contributed by atoms with Gasteiger partial charge in [-0.15, -0.1) is 0 Å². The van der Waals surface area contributed by atoms with Crippen molar-refractivity contribution < 1.29 is 39.9 Å². The average Bonchev–Trinajstić information content (AvgIpc) is 2.59. The zero-order valence-corrected chi connectivity index (χ0v) is 14.4. The third kappa shape index (κ3) is 3.61. The van der Waals surface area contributed by atoms with Crippen LogP contribution in [-0.4, -0.2) is 32.9 Å². The van der Waals surface area contributed by atoms with Crippen molar-refractivity contribution in [2.45, 2.75) is 22.8 Å². The molecule has 27 heavy (non-hydrogen) atoms. The van der Waals surface area contributed by atoms with Crippen LogP contribution in [0.15, 0.2) is 59.5 Å². The van der Waals surface area contributed by atoms with Crippen LogP contribution in [0.3, 0.4) is 0 Å². The molecule has 0 bridgehead atoms. The highest BCUT2D eigenvalue weighted by Crippen LogP contribution is 2.50. The van der Waals surface area contributed by atoms with E-state index < -0.39 is 39.2 Å². The van der Waals surface area contributed by atoms with Crippen molar-refractivity contribution in [3.63, 3.8) is 0 Å². The Morgan fingerprint density at radius 1 is 0.852 bits per heavy atom. The maximum absolute atomic E-state index is 13.0. The Morgan fingerprint density at radius 3 is 1.85 bits per heavy atom. The summed E-state index contributed by atoms with van der Waals surface area (Å²) in [4.78, 5) is -0.209. The van der Waals surface area contributed by atoms with Crippen molar-refractivity contribution in [2.24, 2.45) is 0 Å². The lowest BCUT2D eigenvalue weighted by molar-refractivity contribution is -0.376. The van der Waals surface area contributed by atoms with Gasteiger partial charge in [-0.2, -0.15) is 26.3 Å². The summed E-state index contributed by atoms with van der Waals surface area (Å²) in [6.07, 6.45) is -12.1. The van der Waals surface area contributed by atoms with Crippen LogP contribution in [0.2, 0.25) is 0 Å². The van der Waals surface area contributed by atoms with E-state index in [9.17, 15) is 39.9 Å². The Morgan fingerprint density at radius 2 is 1.37 bits per heavy atom. The van der Waals surface area contributed by atoms with Crippen molar-refractivity contribution in [3.8, 4) is 0 Å². The van der Waals surface area contributed by atoms with Crippen LogP contribution in [0.5, 0.6) is 0 Å². The van der Waals surface area contributed by atoms with Gasteiger partial charge < -0.3 is 5.11 Å². The molecule has 0 atom stereocenters.